The van der Waals surface area contributed by atoms with Crippen LogP contribution in [-0.2, 0) is 14.9 Å². The summed E-state index contributed by atoms with van der Waals surface area (Å²) in [5, 5.41) is 0. The van der Waals surface area contributed by atoms with Gasteiger partial charge in [-0.15, -0.1) is 0 Å². The van der Waals surface area contributed by atoms with Gasteiger partial charge in [-0.2, -0.15) is 12.7 Å². The van der Waals surface area contributed by atoms with E-state index in [9.17, 15) is 22.0 Å². The second kappa shape index (κ2) is 11.1. The van der Waals surface area contributed by atoms with E-state index in [-0.39, 0.29) is 37.9 Å². The number of rotatable bonds is 9. The Morgan fingerprint density at radius 2 is 2.05 bits per heavy atom. The van der Waals surface area contributed by atoms with Gasteiger partial charge >= 0.3 is 10.2 Å². The second-order valence-corrected chi connectivity index (χ2v) is 11.2. The Balaban J connectivity index is 1.47. The van der Waals surface area contributed by atoms with Crippen LogP contribution in [0.3, 0.4) is 0 Å². The van der Waals surface area contributed by atoms with E-state index in [1.165, 1.54) is 22.7 Å². The van der Waals surface area contributed by atoms with Gasteiger partial charge in [0, 0.05) is 44.2 Å². The Labute approximate surface area is 225 Å². The van der Waals surface area contributed by atoms with E-state index >= 15 is 0 Å². The number of fused-ring (bicyclic) bond motifs is 1. The molecule has 10 nitrogen and oxygen atoms in total. The standard InChI is InChI=1S/C26H31F2N5O5S/c1-3-31(4-2)39(35,36)30-26(34)23-13-29-25-8-6-19(15-33(23)25)32-14-18(28)12-22(32)21-11-17(27)5-7-24(21)38-20-9-10-37-16-20/h5-8,11,13,15,18,20,22H,3-4,9-10,12,14,16H2,1-2H3,(H,30,34). The number of benzene rings is 1. The molecule has 0 aliphatic carbocycles. The summed E-state index contributed by atoms with van der Waals surface area (Å²) in [5.74, 6) is -0.824. The number of nitrogens with zero attached hydrogens (tertiary/aromatic N) is 4. The van der Waals surface area contributed by atoms with E-state index in [4.69, 9.17) is 9.47 Å². The summed E-state index contributed by atoms with van der Waals surface area (Å²) in [4.78, 5) is 19.0. The molecular weight excluding hydrogens is 532 g/mol. The third-order valence-corrected chi connectivity index (χ3v) is 8.72. The Morgan fingerprint density at radius 1 is 1.26 bits per heavy atom. The number of hydrogen-bond acceptors (Lipinski definition) is 7. The van der Waals surface area contributed by atoms with Gasteiger partial charge in [0.15, 0.2) is 0 Å². The zero-order valence-electron chi connectivity index (χ0n) is 21.7. The van der Waals surface area contributed by atoms with Gasteiger partial charge < -0.3 is 14.4 Å². The number of imidazole rings is 1. The van der Waals surface area contributed by atoms with Crippen molar-refractivity contribution in [2.75, 3.05) is 37.7 Å². The Morgan fingerprint density at radius 3 is 2.77 bits per heavy atom. The van der Waals surface area contributed by atoms with Crippen molar-refractivity contribution in [1.82, 2.24) is 18.4 Å². The van der Waals surface area contributed by atoms with Crippen LogP contribution < -0.4 is 14.4 Å². The summed E-state index contributed by atoms with van der Waals surface area (Å²) >= 11 is 0. The first-order valence-corrected chi connectivity index (χ1v) is 14.4. The summed E-state index contributed by atoms with van der Waals surface area (Å²) < 4.78 is 70.6. The summed E-state index contributed by atoms with van der Waals surface area (Å²) in [6, 6.07) is 7.11. The minimum absolute atomic E-state index is 0.00568. The van der Waals surface area contributed by atoms with Crippen LogP contribution in [0, 0.1) is 5.82 Å². The fourth-order valence-corrected chi connectivity index (χ4v) is 6.29. The predicted octanol–water partition coefficient (Wildman–Crippen LogP) is 3.25. The average molecular weight is 564 g/mol. The molecule has 13 heteroatoms. The van der Waals surface area contributed by atoms with E-state index in [0.29, 0.717) is 42.3 Å². The lowest BCUT2D eigenvalue weighted by Crippen LogP contribution is -2.43. The Bertz CT molecular complexity index is 1460. The maximum Gasteiger partial charge on any atom is 0.304 e. The first-order chi connectivity index (χ1) is 18.7. The number of halogens is 2. The summed E-state index contributed by atoms with van der Waals surface area (Å²) in [6.07, 6.45) is 2.38. The van der Waals surface area contributed by atoms with Crippen molar-refractivity contribution in [3.05, 3.63) is 59.8 Å². The molecule has 0 spiro atoms. The molecule has 1 N–H and O–H groups in total. The SMILES string of the molecule is CCN(CC)S(=O)(=O)NC(=O)c1cnc2ccc(N3CC(F)CC3c3cc(F)ccc3OC3CCOC3)cn12. The van der Waals surface area contributed by atoms with Crippen molar-refractivity contribution in [2.24, 2.45) is 0 Å². The fraction of sp³-hybridized carbons (Fsp3) is 0.462. The van der Waals surface area contributed by atoms with E-state index in [2.05, 4.69) is 9.71 Å². The van der Waals surface area contributed by atoms with Gasteiger partial charge in [0.2, 0.25) is 0 Å². The number of carbonyl (C=O) groups excluding carboxylic acids is 1. The molecule has 2 aliphatic rings. The largest absolute Gasteiger partial charge is 0.488 e. The van der Waals surface area contributed by atoms with Gasteiger partial charge in [0.05, 0.1) is 31.1 Å². The monoisotopic (exact) mass is 563 g/mol. The summed E-state index contributed by atoms with van der Waals surface area (Å²) in [6.45, 7) is 4.83. The minimum Gasteiger partial charge on any atom is -0.488 e. The van der Waals surface area contributed by atoms with Crippen LogP contribution in [0.15, 0.2) is 42.7 Å². The fourth-order valence-electron chi connectivity index (χ4n) is 5.14. The van der Waals surface area contributed by atoms with E-state index in [1.807, 2.05) is 0 Å². The van der Waals surface area contributed by atoms with Gasteiger partial charge in [0.25, 0.3) is 5.91 Å². The third-order valence-electron chi connectivity index (χ3n) is 7.08. The second-order valence-electron chi connectivity index (χ2n) is 9.57. The van der Waals surface area contributed by atoms with Gasteiger partial charge in [-0.3, -0.25) is 9.20 Å². The van der Waals surface area contributed by atoms with Crippen LogP contribution in [-0.4, -0.2) is 73.1 Å². The molecule has 3 aromatic rings. The van der Waals surface area contributed by atoms with Crippen molar-refractivity contribution >= 4 is 27.5 Å². The van der Waals surface area contributed by atoms with Crippen molar-refractivity contribution in [3.63, 3.8) is 0 Å². The molecule has 3 unspecified atom stereocenters. The summed E-state index contributed by atoms with van der Waals surface area (Å²) in [7, 11) is -4.04. The molecule has 2 aromatic heterocycles. The highest BCUT2D eigenvalue weighted by atomic mass is 32.2. The van der Waals surface area contributed by atoms with E-state index in [0.717, 1.165) is 4.31 Å². The van der Waals surface area contributed by atoms with Crippen molar-refractivity contribution < 1.29 is 31.5 Å². The van der Waals surface area contributed by atoms with Gasteiger partial charge in [0.1, 0.15) is 35.2 Å². The van der Waals surface area contributed by atoms with Crippen molar-refractivity contribution in [1.29, 1.82) is 0 Å². The van der Waals surface area contributed by atoms with Crippen molar-refractivity contribution in [3.8, 4) is 5.75 Å². The number of carbonyl (C=O) groups is 1. The quantitative estimate of drug-likeness (QED) is 0.426. The van der Waals surface area contributed by atoms with Crippen molar-refractivity contribution in [2.45, 2.75) is 45.0 Å². The molecule has 0 saturated carbocycles. The lowest BCUT2D eigenvalue weighted by atomic mass is 10.0. The van der Waals surface area contributed by atoms with Gasteiger partial charge in [-0.25, -0.2) is 18.5 Å². The van der Waals surface area contributed by atoms with E-state index in [1.54, 1.807) is 43.1 Å². The first-order valence-electron chi connectivity index (χ1n) is 12.9. The Kier molecular flexibility index (Phi) is 7.74. The lowest BCUT2D eigenvalue weighted by Gasteiger charge is -2.29. The molecule has 2 fully saturated rings. The maximum absolute atomic E-state index is 14.9. The topological polar surface area (TPSA) is 105 Å². The highest BCUT2D eigenvalue weighted by Crippen LogP contribution is 2.42. The van der Waals surface area contributed by atoms with Gasteiger partial charge in [-0.1, -0.05) is 13.8 Å². The molecule has 2 aliphatic heterocycles. The molecule has 1 aromatic carbocycles. The van der Waals surface area contributed by atoms with Crippen LogP contribution >= 0.6 is 0 Å². The minimum atomic E-state index is -4.04. The number of anilines is 1. The van der Waals surface area contributed by atoms with Gasteiger partial charge in [-0.05, 0) is 30.3 Å². The molecule has 5 rings (SSSR count). The number of hydrogen-bond donors (Lipinski definition) is 1. The van der Waals surface area contributed by atoms with Crippen LogP contribution in [0.25, 0.3) is 5.65 Å². The molecule has 1 amide bonds. The number of amides is 1. The molecule has 0 radical (unpaired) electrons. The highest BCUT2D eigenvalue weighted by molar-refractivity contribution is 7.87. The number of ether oxygens (including phenoxy) is 2. The smallest absolute Gasteiger partial charge is 0.304 e. The molecule has 0 bridgehead atoms. The molecule has 2 saturated heterocycles. The lowest BCUT2D eigenvalue weighted by molar-refractivity contribution is 0.0973. The number of aromatic nitrogens is 2. The highest BCUT2D eigenvalue weighted by Gasteiger charge is 2.36. The maximum atomic E-state index is 14.9. The first kappa shape index (κ1) is 27.3. The predicted molar refractivity (Wildman–Crippen MR) is 140 cm³/mol. The molecular formula is C26H31F2N5O5S. The molecule has 39 heavy (non-hydrogen) atoms. The summed E-state index contributed by atoms with van der Waals surface area (Å²) in [5.41, 5.74) is 1.50. The normalized spacial score (nSPS) is 21.7. The Hall–Kier alpha value is -3.29. The molecule has 210 valence electrons. The zero-order valence-corrected chi connectivity index (χ0v) is 22.5. The van der Waals surface area contributed by atoms with Crippen LogP contribution in [0.1, 0.15) is 48.8 Å². The molecule has 4 heterocycles. The van der Waals surface area contributed by atoms with Crippen LogP contribution in [0.4, 0.5) is 14.5 Å². The average Bonchev–Trinajstić information content (AvgIpc) is 3.65. The van der Waals surface area contributed by atoms with Crippen LogP contribution in [0.2, 0.25) is 0 Å². The number of pyridine rings is 1. The van der Waals surface area contributed by atoms with E-state index < -0.39 is 34.1 Å². The zero-order chi connectivity index (χ0) is 27.7. The number of alkyl halides is 1. The molecule has 3 atom stereocenters. The third kappa shape index (κ3) is 5.56. The number of nitrogens with one attached hydrogen (secondary N) is 1. The van der Waals surface area contributed by atoms with Crippen LogP contribution in [0.5, 0.6) is 5.75 Å².